The molecule has 1 amide bonds. The molecule has 3 aromatic rings. The van der Waals surface area contributed by atoms with Crippen molar-refractivity contribution in [2.45, 2.75) is 6.04 Å². The number of amides is 1. The summed E-state index contributed by atoms with van der Waals surface area (Å²) >= 11 is 3.26. The van der Waals surface area contributed by atoms with Crippen molar-refractivity contribution in [3.63, 3.8) is 0 Å². The zero-order valence-corrected chi connectivity index (χ0v) is 12.7. The van der Waals surface area contributed by atoms with Gasteiger partial charge in [-0.25, -0.2) is 0 Å². The Hall–Kier alpha value is -2.11. The van der Waals surface area contributed by atoms with Crippen molar-refractivity contribution in [3.05, 3.63) is 75.0 Å². The zero-order valence-electron chi connectivity index (χ0n) is 11.1. The third-order valence-corrected chi connectivity index (χ3v) is 4.57. The number of rotatable bonds is 5. The highest BCUT2D eigenvalue weighted by atomic mass is 32.1. The van der Waals surface area contributed by atoms with Crippen molar-refractivity contribution in [2.24, 2.45) is 0 Å². The van der Waals surface area contributed by atoms with Gasteiger partial charge in [0.2, 0.25) is 5.91 Å². The van der Waals surface area contributed by atoms with Gasteiger partial charge in [-0.15, -0.1) is 11.3 Å². The number of thiophene rings is 2. The van der Waals surface area contributed by atoms with E-state index in [9.17, 15) is 4.79 Å². The number of carbonyl (C=O) groups excluding carboxylic acids is 1. The van der Waals surface area contributed by atoms with Crippen molar-refractivity contribution < 1.29 is 9.21 Å². The number of nitrogens with one attached hydrogen (secondary N) is 1. The number of carbonyl (C=O) groups is 1. The molecule has 0 unspecified atom stereocenters. The first kappa shape index (κ1) is 13.9. The summed E-state index contributed by atoms with van der Waals surface area (Å²) in [6.07, 6.45) is 4.73. The normalized spacial score (nSPS) is 12.6. The molecule has 5 heteroatoms. The minimum atomic E-state index is -0.143. The summed E-state index contributed by atoms with van der Waals surface area (Å²) in [6.45, 7) is 0. The highest BCUT2D eigenvalue weighted by Gasteiger charge is 2.17. The largest absolute Gasteiger partial charge is 0.465 e. The van der Waals surface area contributed by atoms with Crippen LogP contribution in [0.15, 0.2) is 63.2 Å². The SMILES string of the molecule is O=C(/C=C/c1ccco1)N[C@@H](c1ccsc1)c1cccs1. The van der Waals surface area contributed by atoms with Crippen LogP contribution in [-0.4, -0.2) is 5.91 Å². The van der Waals surface area contributed by atoms with Gasteiger partial charge in [-0.2, -0.15) is 11.3 Å². The molecule has 0 saturated heterocycles. The first-order valence-corrected chi connectivity index (χ1v) is 8.23. The maximum Gasteiger partial charge on any atom is 0.244 e. The first-order chi connectivity index (χ1) is 10.3. The van der Waals surface area contributed by atoms with Crippen LogP contribution < -0.4 is 5.32 Å². The van der Waals surface area contributed by atoms with E-state index in [2.05, 4.69) is 10.7 Å². The predicted molar refractivity (Wildman–Crippen MR) is 86.4 cm³/mol. The number of hydrogen-bond acceptors (Lipinski definition) is 4. The van der Waals surface area contributed by atoms with Crippen LogP contribution in [0, 0.1) is 0 Å². The van der Waals surface area contributed by atoms with Crippen LogP contribution in [0.5, 0.6) is 0 Å². The van der Waals surface area contributed by atoms with Crippen LogP contribution in [-0.2, 0) is 4.79 Å². The molecule has 0 spiro atoms. The topological polar surface area (TPSA) is 42.2 Å². The highest BCUT2D eigenvalue weighted by molar-refractivity contribution is 7.10. The monoisotopic (exact) mass is 315 g/mol. The van der Waals surface area contributed by atoms with Gasteiger partial charge in [-0.1, -0.05) is 6.07 Å². The summed E-state index contributed by atoms with van der Waals surface area (Å²) < 4.78 is 5.17. The van der Waals surface area contributed by atoms with Gasteiger partial charge in [0, 0.05) is 11.0 Å². The summed E-state index contributed by atoms with van der Waals surface area (Å²) in [5.41, 5.74) is 1.10. The molecule has 3 heterocycles. The molecule has 0 aliphatic rings. The maximum absolute atomic E-state index is 12.1. The van der Waals surface area contributed by atoms with Crippen LogP contribution in [0.3, 0.4) is 0 Å². The van der Waals surface area contributed by atoms with Crippen LogP contribution in [0.2, 0.25) is 0 Å². The van der Waals surface area contributed by atoms with Crippen LogP contribution in [0.1, 0.15) is 22.2 Å². The maximum atomic E-state index is 12.1. The summed E-state index contributed by atoms with van der Waals surface area (Å²) in [4.78, 5) is 13.2. The summed E-state index contributed by atoms with van der Waals surface area (Å²) in [5, 5.41) is 9.12. The first-order valence-electron chi connectivity index (χ1n) is 6.40. The molecule has 0 radical (unpaired) electrons. The van der Waals surface area contributed by atoms with Crippen molar-refractivity contribution >= 4 is 34.7 Å². The molecule has 3 aromatic heterocycles. The van der Waals surface area contributed by atoms with E-state index in [0.29, 0.717) is 5.76 Å². The molecule has 106 valence electrons. The second-order valence-corrected chi connectivity index (χ2v) is 6.12. The molecule has 0 aliphatic carbocycles. The van der Waals surface area contributed by atoms with Crippen molar-refractivity contribution in [3.8, 4) is 0 Å². The molecule has 21 heavy (non-hydrogen) atoms. The average Bonchev–Trinajstić information content (AvgIpc) is 3.26. The van der Waals surface area contributed by atoms with Crippen molar-refractivity contribution in [1.29, 1.82) is 0 Å². The van der Waals surface area contributed by atoms with Gasteiger partial charge in [0.15, 0.2) is 0 Å². The fraction of sp³-hybridized carbons (Fsp3) is 0.0625. The quantitative estimate of drug-likeness (QED) is 0.712. The van der Waals surface area contributed by atoms with E-state index in [1.165, 1.54) is 6.08 Å². The van der Waals surface area contributed by atoms with Gasteiger partial charge >= 0.3 is 0 Å². The zero-order chi connectivity index (χ0) is 14.5. The second kappa shape index (κ2) is 6.56. The average molecular weight is 315 g/mol. The smallest absolute Gasteiger partial charge is 0.244 e. The molecule has 0 bridgehead atoms. The minimum Gasteiger partial charge on any atom is -0.465 e. The Balaban J connectivity index is 1.74. The van der Waals surface area contributed by atoms with Gasteiger partial charge in [0.1, 0.15) is 5.76 Å². The molecule has 0 saturated carbocycles. The van der Waals surface area contributed by atoms with Crippen LogP contribution in [0.4, 0.5) is 0 Å². The van der Waals surface area contributed by atoms with E-state index < -0.39 is 0 Å². The number of furan rings is 1. The standard InChI is InChI=1S/C16H13NO2S2/c18-15(6-5-13-3-1-8-19-13)17-16(12-7-10-20-11-12)14-4-2-9-21-14/h1-11,16H,(H,17,18)/b6-5+/t16-/m0/s1. The lowest BCUT2D eigenvalue weighted by Gasteiger charge is -2.15. The van der Waals surface area contributed by atoms with Crippen LogP contribution in [0.25, 0.3) is 6.08 Å². The summed E-state index contributed by atoms with van der Waals surface area (Å²) in [7, 11) is 0. The Morgan fingerprint density at radius 1 is 1.24 bits per heavy atom. The fourth-order valence-electron chi connectivity index (χ4n) is 1.95. The third-order valence-electron chi connectivity index (χ3n) is 2.93. The molecule has 1 N–H and O–H groups in total. The van der Waals surface area contributed by atoms with E-state index >= 15 is 0 Å². The fourth-order valence-corrected chi connectivity index (χ4v) is 3.44. The Morgan fingerprint density at radius 2 is 2.19 bits per heavy atom. The molecule has 1 atom stereocenters. The van der Waals surface area contributed by atoms with Gasteiger partial charge < -0.3 is 9.73 Å². The van der Waals surface area contributed by atoms with Gasteiger partial charge in [0.25, 0.3) is 0 Å². The van der Waals surface area contributed by atoms with Gasteiger partial charge in [0.05, 0.1) is 12.3 Å². The summed E-state index contributed by atoms with van der Waals surface area (Å²) in [6, 6.07) is 9.54. The third kappa shape index (κ3) is 3.51. The molecule has 3 nitrogen and oxygen atoms in total. The van der Waals surface area contributed by atoms with E-state index in [-0.39, 0.29) is 11.9 Å². The second-order valence-electron chi connectivity index (χ2n) is 4.36. The molecule has 0 fully saturated rings. The van der Waals surface area contributed by atoms with Crippen molar-refractivity contribution in [2.75, 3.05) is 0 Å². The number of hydrogen-bond donors (Lipinski definition) is 1. The molecule has 0 aromatic carbocycles. The molecular weight excluding hydrogens is 302 g/mol. The summed E-state index contributed by atoms with van der Waals surface area (Å²) in [5.74, 6) is 0.518. The predicted octanol–water partition coefficient (Wildman–Crippen LogP) is 4.32. The molecular formula is C16H13NO2S2. The van der Waals surface area contributed by atoms with Crippen LogP contribution >= 0.6 is 22.7 Å². The molecule has 0 aliphatic heterocycles. The Labute approximate surface area is 130 Å². The van der Waals surface area contributed by atoms with Gasteiger partial charge in [-0.05, 0) is 52.0 Å². The Bertz CT molecular complexity index is 663. The van der Waals surface area contributed by atoms with E-state index in [1.807, 2.05) is 29.0 Å². The van der Waals surface area contributed by atoms with Gasteiger partial charge in [-0.3, -0.25) is 4.79 Å². The molecule has 3 rings (SSSR count). The highest BCUT2D eigenvalue weighted by Crippen LogP contribution is 2.27. The lowest BCUT2D eigenvalue weighted by Crippen LogP contribution is -2.26. The van der Waals surface area contributed by atoms with E-state index in [0.717, 1.165) is 10.4 Å². The van der Waals surface area contributed by atoms with Crippen molar-refractivity contribution in [1.82, 2.24) is 5.32 Å². The lowest BCUT2D eigenvalue weighted by molar-refractivity contribution is -0.116. The van der Waals surface area contributed by atoms with E-state index in [1.54, 1.807) is 47.1 Å². The lowest BCUT2D eigenvalue weighted by atomic mass is 10.1. The van der Waals surface area contributed by atoms with E-state index in [4.69, 9.17) is 4.42 Å². The Morgan fingerprint density at radius 3 is 2.86 bits per heavy atom. The minimum absolute atomic E-state index is 0.106. The Kier molecular flexibility index (Phi) is 4.33.